The van der Waals surface area contributed by atoms with Crippen LogP contribution in [-0.2, 0) is 9.59 Å². The molecule has 0 rings (SSSR count). The summed E-state index contributed by atoms with van der Waals surface area (Å²) in [5.41, 5.74) is 0. The molecule has 6 nitrogen and oxygen atoms in total. The summed E-state index contributed by atoms with van der Waals surface area (Å²) < 4.78 is 0. The highest BCUT2D eigenvalue weighted by Crippen LogP contribution is 2.07. The summed E-state index contributed by atoms with van der Waals surface area (Å²) >= 11 is 1.20. The SMILES string of the molecule is CC(C)CCNC(=O)NC(=O)CSCC(C)C(=O)O. The number of imide groups is 1. The molecule has 7 heteroatoms. The second-order valence-corrected chi connectivity index (χ2v) is 5.77. The van der Waals surface area contributed by atoms with E-state index in [1.54, 1.807) is 6.92 Å². The van der Waals surface area contributed by atoms with Crippen molar-refractivity contribution in [1.82, 2.24) is 10.6 Å². The fourth-order valence-electron chi connectivity index (χ4n) is 1.08. The third-order valence-corrected chi connectivity index (χ3v) is 3.48. The number of carboxylic acid groups (broad SMARTS) is 1. The van der Waals surface area contributed by atoms with Gasteiger partial charge in [0.05, 0.1) is 11.7 Å². The number of carbonyl (C=O) groups excluding carboxylic acids is 2. The highest BCUT2D eigenvalue weighted by Gasteiger charge is 2.12. The van der Waals surface area contributed by atoms with Gasteiger partial charge in [0.15, 0.2) is 0 Å². The highest BCUT2D eigenvalue weighted by molar-refractivity contribution is 7.99. The number of hydrogen-bond donors (Lipinski definition) is 3. The Hall–Kier alpha value is -1.24. The van der Waals surface area contributed by atoms with Gasteiger partial charge in [-0.1, -0.05) is 20.8 Å². The molecule has 0 aromatic rings. The fraction of sp³-hybridized carbons (Fsp3) is 0.750. The Balaban J connectivity index is 3.68. The van der Waals surface area contributed by atoms with Crippen LogP contribution in [0.5, 0.6) is 0 Å². The molecule has 0 aliphatic heterocycles. The van der Waals surface area contributed by atoms with Gasteiger partial charge in [-0.25, -0.2) is 4.79 Å². The average Bonchev–Trinajstić information content (AvgIpc) is 2.27. The zero-order valence-corrected chi connectivity index (χ0v) is 12.4. The summed E-state index contributed by atoms with van der Waals surface area (Å²) in [5, 5.41) is 13.4. The minimum absolute atomic E-state index is 0.0786. The lowest BCUT2D eigenvalue weighted by Gasteiger charge is -2.08. The number of urea groups is 1. The van der Waals surface area contributed by atoms with Crippen LogP contribution in [0.25, 0.3) is 0 Å². The maximum atomic E-state index is 11.4. The van der Waals surface area contributed by atoms with Crippen molar-refractivity contribution in [2.24, 2.45) is 11.8 Å². The standard InChI is InChI=1S/C12H22N2O4S/c1-8(2)4-5-13-12(18)14-10(15)7-19-6-9(3)11(16)17/h8-9H,4-7H2,1-3H3,(H,16,17)(H2,13,14,15,18). The van der Waals surface area contributed by atoms with Crippen LogP contribution in [0.15, 0.2) is 0 Å². The lowest BCUT2D eigenvalue weighted by molar-refractivity contribution is -0.140. The van der Waals surface area contributed by atoms with Crippen LogP contribution in [0.3, 0.4) is 0 Å². The molecule has 0 aliphatic rings. The molecule has 0 aliphatic carbocycles. The van der Waals surface area contributed by atoms with Crippen molar-refractivity contribution < 1.29 is 19.5 Å². The molecular weight excluding hydrogens is 268 g/mol. The molecule has 0 saturated heterocycles. The van der Waals surface area contributed by atoms with Crippen LogP contribution in [0.4, 0.5) is 4.79 Å². The summed E-state index contributed by atoms with van der Waals surface area (Å²) in [5.74, 6) is -0.891. The molecule has 0 saturated carbocycles. The first-order valence-corrected chi connectivity index (χ1v) is 7.36. The van der Waals surface area contributed by atoms with Crippen LogP contribution in [-0.4, -0.2) is 41.1 Å². The second-order valence-electron chi connectivity index (χ2n) is 4.74. The van der Waals surface area contributed by atoms with Crippen LogP contribution in [0.2, 0.25) is 0 Å². The van der Waals surface area contributed by atoms with Gasteiger partial charge in [-0.3, -0.25) is 14.9 Å². The number of thioether (sulfide) groups is 1. The van der Waals surface area contributed by atoms with E-state index < -0.39 is 23.8 Å². The number of rotatable bonds is 8. The van der Waals surface area contributed by atoms with Crippen LogP contribution < -0.4 is 10.6 Å². The Bertz CT molecular complexity index is 321. The molecule has 1 unspecified atom stereocenters. The number of nitrogens with one attached hydrogen (secondary N) is 2. The average molecular weight is 290 g/mol. The molecule has 0 heterocycles. The van der Waals surface area contributed by atoms with E-state index in [0.29, 0.717) is 18.2 Å². The van der Waals surface area contributed by atoms with Crippen LogP contribution in [0.1, 0.15) is 27.2 Å². The summed E-state index contributed by atoms with van der Waals surface area (Å²) in [4.78, 5) is 33.2. The lowest BCUT2D eigenvalue weighted by atomic mass is 10.1. The molecule has 0 fully saturated rings. The maximum absolute atomic E-state index is 11.4. The molecule has 0 spiro atoms. The minimum Gasteiger partial charge on any atom is -0.481 e. The predicted molar refractivity (Wildman–Crippen MR) is 75.1 cm³/mol. The Kier molecular flexibility index (Phi) is 9.03. The van der Waals surface area contributed by atoms with Gasteiger partial charge >= 0.3 is 12.0 Å². The van der Waals surface area contributed by atoms with Crippen LogP contribution >= 0.6 is 11.8 Å². The van der Waals surface area contributed by atoms with Crippen molar-refractivity contribution in [2.45, 2.75) is 27.2 Å². The van der Waals surface area contributed by atoms with Gasteiger partial charge in [-0.15, -0.1) is 0 Å². The Morgan fingerprint density at radius 1 is 1.21 bits per heavy atom. The van der Waals surface area contributed by atoms with Gasteiger partial charge in [0, 0.05) is 12.3 Å². The van der Waals surface area contributed by atoms with Gasteiger partial charge < -0.3 is 10.4 Å². The zero-order valence-electron chi connectivity index (χ0n) is 11.6. The van der Waals surface area contributed by atoms with E-state index in [-0.39, 0.29) is 5.75 Å². The van der Waals surface area contributed by atoms with Gasteiger partial charge in [-0.2, -0.15) is 11.8 Å². The smallest absolute Gasteiger partial charge is 0.321 e. The van der Waals surface area contributed by atoms with Gasteiger partial charge in [0.2, 0.25) is 5.91 Å². The molecule has 3 amide bonds. The first-order valence-electron chi connectivity index (χ1n) is 6.21. The third-order valence-electron chi connectivity index (χ3n) is 2.28. The Morgan fingerprint density at radius 3 is 2.37 bits per heavy atom. The van der Waals surface area contributed by atoms with E-state index in [2.05, 4.69) is 10.6 Å². The number of carbonyl (C=O) groups is 3. The molecular formula is C12H22N2O4S. The van der Waals surface area contributed by atoms with Crippen molar-refractivity contribution >= 4 is 29.7 Å². The first-order chi connectivity index (χ1) is 8.82. The maximum Gasteiger partial charge on any atom is 0.321 e. The third kappa shape index (κ3) is 10.4. The largest absolute Gasteiger partial charge is 0.481 e. The number of hydrogen-bond acceptors (Lipinski definition) is 4. The summed E-state index contributed by atoms with van der Waals surface area (Å²) in [6, 6.07) is -0.502. The van der Waals surface area contributed by atoms with E-state index >= 15 is 0 Å². The van der Waals surface area contributed by atoms with E-state index in [1.807, 2.05) is 13.8 Å². The minimum atomic E-state index is -0.890. The van der Waals surface area contributed by atoms with Gasteiger partial charge in [-0.05, 0) is 12.3 Å². The zero-order chi connectivity index (χ0) is 14.8. The van der Waals surface area contributed by atoms with Gasteiger partial charge in [0.25, 0.3) is 0 Å². The molecule has 0 aromatic heterocycles. The quantitative estimate of drug-likeness (QED) is 0.626. The van der Waals surface area contributed by atoms with E-state index in [1.165, 1.54) is 11.8 Å². The van der Waals surface area contributed by atoms with E-state index in [4.69, 9.17) is 5.11 Å². The second kappa shape index (κ2) is 9.66. The lowest BCUT2D eigenvalue weighted by Crippen LogP contribution is -2.41. The van der Waals surface area contributed by atoms with Crippen molar-refractivity contribution in [2.75, 3.05) is 18.1 Å². The fourth-order valence-corrected chi connectivity index (χ4v) is 1.95. The molecule has 0 radical (unpaired) electrons. The van der Waals surface area contributed by atoms with Crippen LogP contribution in [0, 0.1) is 11.8 Å². The first kappa shape index (κ1) is 17.8. The summed E-state index contributed by atoms with van der Waals surface area (Å²) in [6.07, 6.45) is 0.854. The summed E-state index contributed by atoms with van der Waals surface area (Å²) in [7, 11) is 0. The molecule has 1 atom stereocenters. The topological polar surface area (TPSA) is 95.5 Å². The molecule has 0 aromatic carbocycles. The molecule has 110 valence electrons. The summed E-state index contributed by atoms with van der Waals surface area (Å²) in [6.45, 7) is 6.20. The van der Waals surface area contributed by atoms with Crippen molar-refractivity contribution in [3.63, 3.8) is 0 Å². The van der Waals surface area contributed by atoms with E-state index in [0.717, 1.165) is 6.42 Å². The Labute approximate surface area is 117 Å². The molecule has 0 bridgehead atoms. The van der Waals surface area contributed by atoms with Crippen molar-refractivity contribution in [3.8, 4) is 0 Å². The normalized spacial score (nSPS) is 12.0. The number of amides is 3. The van der Waals surface area contributed by atoms with Gasteiger partial charge in [0.1, 0.15) is 0 Å². The van der Waals surface area contributed by atoms with Crippen molar-refractivity contribution in [3.05, 3.63) is 0 Å². The Morgan fingerprint density at radius 2 is 1.84 bits per heavy atom. The monoisotopic (exact) mass is 290 g/mol. The number of aliphatic carboxylic acids is 1. The number of carboxylic acids is 1. The molecule has 19 heavy (non-hydrogen) atoms. The van der Waals surface area contributed by atoms with Crippen molar-refractivity contribution in [1.29, 1.82) is 0 Å². The van der Waals surface area contributed by atoms with E-state index in [9.17, 15) is 14.4 Å². The highest BCUT2D eigenvalue weighted by atomic mass is 32.2. The molecule has 3 N–H and O–H groups in total. The predicted octanol–water partition coefficient (Wildman–Crippen LogP) is 1.31.